The van der Waals surface area contributed by atoms with Crippen molar-refractivity contribution in [2.45, 2.75) is 49.8 Å². The molecule has 0 spiro atoms. The third-order valence-corrected chi connectivity index (χ3v) is 7.66. The van der Waals surface area contributed by atoms with E-state index < -0.39 is 28.5 Å². The minimum Gasteiger partial charge on any atom is -0.455 e. The van der Waals surface area contributed by atoms with Gasteiger partial charge >= 0.3 is 5.97 Å². The van der Waals surface area contributed by atoms with Crippen LogP contribution in [-0.4, -0.2) is 45.1 Å². The number of sulfonamides is 1. The molecule has 32 heavy (non-hydrogen) atoms. The average Bonchev–Trinajstić information content (AvgIpc) is 3.24. The fraction of sp³-hybridized carbons (Fsp3) is 0.545. The van der Waals surface area contributed by atoms with E-state index in [0.29, 0.717) is 31.6 Å². The molecule has 2 aliphatic carbocycles. The fourth-order valence-electron chi connectivity index (χ4n) is 4.70. The molecule has 0 unspecified atom stereocenters. The molecule has 10 heteroatoms. The van der Waals surface area contributed by atoms with Gasteiger partial charge in [0.25, 0.3) is 15.9 Å². The summed E-state index contributed by atoms with van der Waals surface area (Å²) in [6, 6.07) is 5.84. The molecule has 1 aromatic rings. The van der Waals surface area contributed by atoms with Crippen molar-refractivity contribution in [3.05, 3.63) is 24.3 Å². The Labute approximate surface area is 187 Å². The summed E-state index contributed by atoms with van der Waals surface area (Å²) in [6.45, 7) is 0.135. The first-order valence-electron chi connectivity index (χ1n) is 11.0. The topological polar surface area (TPSA) is 131 Å². The monoisotopic (exact) mass is 461 g/mol. The Hall–Kier alpha value is -2.75. The van der Waals surface area contributed by atoms with Crippen LogP contribution in [0.15, 0.2) is 34.2 Å². The van der Waals surface area contributed by atoms with Crippen LogP contribution in [0.3, 0.4) is 0 Å². The number of nitrogens with one attached hydrogen (secondary N) is 2. The summed E-state index contributed by atoms with van der Waals surface area (Å²) in [5.41, 5.74) is 0.278. The van der Waals surface area contributed by atoms with Gasteiger partial charge in [-0.1, -0.05) is 12.5 Å². The molecule has 4 rings (SSSR count). The Morgan fingerprint density at radius 3 is 2.56 bits per heavy atom. The van der Waals surface area contributed by atoms with Crippen LogP contribution in [0.25, 0.3) is 0 Å². The predicted octanol–water partition coefficient (Wildman–Crippen LogP) is 2.03. The van der Waals surface area contributed by atoms with Crippen molar-refractivity contribution in [3.8, 4) is 0 Å². The van der Waals surface area contributed by atoms with E-state index >= 15 is 0 Å². The van der Waals surface area contributed by atoms with Crippen molar-refractivity contribution >= 4 is 39.2 Å². The van der Waals surface area contributed by atoms with E-state index in [1.54, 1.807) is 6.07 Å². The number of hydrogen-bond acceptors (Lipinski definition) is 7. The van der Waals surface area contributed by atoms with Crippen molar-refractivity contribution in [1.82, 2.24) is 4.72 Å². The maximum atomic E-state index is 12.5. The number of amides is 1. The first-order valence-corrected chi connectivity index (χ1v) is 12.5. The number of amidine groups is 1. The van der Waals surface area contributed by atoms with E-state index in [9.17, 15) is 22.8 Å². The summed E-state index contributed by atoms with van der Waals surface area (Å²) in [5.74, 6) is -0.809. The molecular formula is C22H27N3O6S. The Bertz CT molecular complexity index is 1040. The van der Waals surface area contributed by atoms with E-state index in [-0.39, 0.29) is 34.1 Å². The third-order valence-electron chi connectivity index (χ3n) is 6.28. The molecule has 2 N–H and O–H groups in total. The number of Topliss-reactive ketones (excluding diaryl/α,β-unsaturated/α-hetero) is 1. The Balaban J connectivity index is 1.30. The number of aliphatic imine (C=N–C) groups is 1. The van der Waals surface area contributed by atoms with Gasteiger partial charge < -0.3 is 10.1 Å². The van der Waals surface area contributed by atoms with Crippen LogP contribution in [-0.2, 0) is 29.1 Å². The number of anilines is 1. The first kappa shape index (κ1) is 22.4. The van der Waals surface area contributed by atoms with Gasteiger partial charge in [0, 0.05) is 30.5 Å². The van der Waals surface area contributed by atoms with E-state index in [0.717, 1.165) is 25.7 Å². The molecule has 2 fully saturated rings. The number of benzene rings is 1. The lowest BCUT2D eigenvalue weighted by Gasteiger charge is -2.36. The number of esters is 1. The minimum absolute atomic E-state index is 0.000285. The molecule has 1 heterocycles. The zero-order valence-electron chi connectivity index (χ0n) is 17.7. The van der Waals surface area contributed by atoms with Crippen LogP contribution in [0.5, 0.6) is 0 Å². The van der Waals surface area contributed by atoms with Gasteiger partial charge in [-0.05, 0) is 50.3 Å². The van der Waals surface area contributed by atoms with E-state index in [1.165, 1.54) is 18.2 Å². The molecule has 172 valence electrons. The molecule has 0 radical (unpaired) electrons. The Kier molecular flexibility index (Phi) is 6.59. The highest BCUT2D eigenvalue weighted by Crippen LogP contribution is 2.40. The maximum absolute atomic E-state index is 12.5. The molecule has 3 aliphatic rings. The molecule has 2 atom stereocenters. The second-order valence-electron chi connectivity index (χ2n) is 8.62. The molecule has 1 aromatic carbocycles. The van der Waals surface area contributed by atoms with Crippen LogP contribution in [0.2, 0.25) is 0 Å². The van der Waals surface area contributed by atoms with Gasteiger partial charge in [-0.3, -0.25) is 24.1 Å². The van der Waals surface area contributed by atoms with E-state index in [4.69, 9.17) is 4.74 Å². The number of carbonyl (C=O) groups excluding carboxylic acids is 3. The van der Waals surface area contributed by atoms with Gasteiger partial charge in [-0.25, -0.2) is 8.42 Å². The van der Waals surface area contributed by atoms with Crippen LogP contribution < -0.4 is 10.0 Å². The maximum Gasteiger partial charge on any atom is 0.309 e. The molecular weight excluding hydrogens is 434 g/mol. The van der Waals surface area contributed by atoms with E-state index in [1.807, 2.05) is 0 Å². The fourth-order valence-corrected chi connectivity index (χ4v) is 5.84. The van der Waals surface area contributed by atoms with Gasteiger partial charge in [-0.15, -0.1) is 0 Å². The summed E-state index contributed by atoms with van der Waals surface area (Å²) < 4.78 is 32.7. The lowest BCUT2D eigenvalue weighted by atomic mass is 9.67. The van der Waals surface area contributed by atoms with Gasteiger partial charge in [0.2, 0.25) is 0 Å². The highest BCUT2D eigenvalue weighted by molar-refractivity contribution is 7.90. The molecule has 1 amide bonds. The van der Waals surface area contributed by atoms with Crippen molar-refractivity contribution in [2.75, 3.05) is 18.5 Å². The Morgan fingerprint density at radius 1 is 1.12 bits per heavy atom. The second kappa shape index (κ2) is 9.40. The summed E-state index contributed by atoms with van der Waals surface area (Å²) in [6.07, 6.45) is 5.04. The van der Waals surface area contributed by atoms with E-state index in [2.05, 4.69) is 15.0 Å². The number of carbonyl (C=O) groups is 3. The molecule has 2 bridgehead atoms. The number of ether oxygens (including phenoxy) is 1. The summed E-state index contributed by atoms with van der Waals surface area (Å²) >= 11 is 0. The van der Waals surface area contributed by atoms with Crippen LogP contribution in [0, 0.1) is 17.8 Å². The summed E-state index contributed by atoms with van der Waals surface area (Å²) in [7, 11) is -3.80. The molecule has 1 aliphatic heterocycles. The largest absolute Gasteiger partial charge is 0.455 e. The lowest BCUT2D eigenvalue weighted by molar-refractivity contribution is -0.155. The SMILES string of the molecule is O=C(COC(=O)C1C[C@@H]2CCC[C@@H](C1)C2=O)Nc1cccc(S(=O)(=O)NC2=NCCC2)c1. The third kappa shape index (κ3) is 5.17. The number of fused-ring (bicyclic) bond motifs is 2. The van der Waals surface area contributed by atoms with Crippen molar-refractivity contribution in [2.24, 2.45) is 22.7 Å². The standard InChI is InChI=1S/C22H27N3O6S/c26-20(13-31-22(28)16-10-14-4-1-5-15(11-16)21(14)27)24-17-6-2-7-18(12-17)32(29,30)25-19-8-3-9-23-19/h2,6-7,12,14-16H,1,3-5,8-11,13H2,(H,23,25)(H,24,26)/t14-,15-/m0/s1. The van der Waals surface area contributed by atoms with Gasteiger partial charge in [-0.2, -0.15) is 0 Å². The minimum atomic E-state index is -3.80. The van der Waals surface area contributed by atoms with Crippen molar-refractivity contribution < 1.29 is 27.5 Å². The smallest absolute Gasteiger partial charge is 0.309 e. The normalized spacial score (nSPS) is 25.1. The predicted molar refractivity (Wildman–Crippen MR) is 116 cm³/mol. The van der Waals surface area contributed by atoms with Gasteiger partial charge in [0.15, 0.2) is 6.61 Å². The Morgan fingerprint density at radius 2 is 1.88 bits per heavy atom. The average molecular weight is 462 g/mol. The lowest BCUT2D eigenvalue weighted by Crippen LogP contribution is -2.40. The van der Waals surface area contributed by atoms with Gasteiger partial charge in [0.1, 0.15) is 11.6 Å². The van der Waals surface area contributed by atoms with Gasteiger partial charge in [0.05, 0.1) is 10.8 Å². The highest BCUT2D eigenvalue weighted by Gasteiger charge is 2.41. The van der Waals surface area contributed by atoms with Crippen molar-refractivity contribution in [1.29, 1.82) is 0 Å². The summed E-state index contributed by atoms with van der Waals surface area (Å²) in [4.78, 5) is 41.0. The molecule has 2 saturated carbocycles. The zero-order valence-corrected chi connectivity index (χ0v) is 18.5. The number of hydrogen-bond donors (Lipinski definition) is 2. The number of ketones is 1. The zero-order chi connectivity index (χ0) is 22.7. The highest BCUT2D eigenvalue weighted by atomic mass is 32.2. The quantitative estimate of drug-likeness (QED) is 0.623. The summed E-state index contributed by atoms with van der Waals surface area (Å²) in [5, 5.41) is 2.56. The first-order chi connectivity index (χ1) is 15.3. The van der Waals surface area contributed by atoms with Crippen LogP contribution in [0.1, 0.15) is 44.9 Å². The second-order valence-corrected chi connectivity index (χ2v) is 10.3. The van der Waals surface area contributed by atoms with Crippen LogP contribution in [0.4, 0.5) is 5.69 Å². The van der Waals surface area contributed by atoms with Crippen LogP contribution >= 0.6 is 0 Å². The van der Waals surface area contributed by atoms with Crippen molar-refractivity contribution in [3.63, 3.8) is 0 Å². The number of rotatable bonds is 6. The number of nitrogens with zero attached hydrogens (tertiary/aromatic N) is 1. The molecule has 9 nitrogen and oxygen atoms in total. The molecule has 0 aromatic heterocycles. The molecule has 0 saturated heterocycles.